The summed E-state index contributed by atoms with van der Waals surface area (Å²) in [6.45, 7) is 2.11. The Kier molecular flexibility index (Phi) is 5.88. The zero-order valence-corrected chi connectivity index (χ0v) is 14.1. The molecule has 0 bridgehead atoms. The van der Waals surface area contributed by atoms with Crippen molar-refractivity contribution in [3.8, 4) is 0 Å². The van der Waals surface area contributed by atoms with Gasteiger partial charge in [-0.05, 0) is 71.0 Å². The Morgan fingerprint density at radius 3 is 2.68 bits per heavy atom. The molecule has 0 aliphatic rings. The van der Waals surface area contributed by atoms with Gasteiger partial charge in [0.05, 0.1) is 12.8 Å². The third-order valence-corrected chi connectivity index (χ3v) is 3.57. The molecule has 2 N–H and O–H groups in total. The fourth-order valence-corrected chi connectivity index (χ4v) is 2.42. The highest BCUT2D eigenvalue weighted by Gasteiger charge is 2.02. The van der Waals surface area contributed by atoms with Gasteiger partial charge < -0.3 is 5.32 Å². The summed E-state index contributed by atoms with van der Waals surface area (Å²) in [4.78, 5) is 11.7. The smallest absolute Gasteiger partial charge is 0.259 e. The van der Waals surface area contributed by atoms with E-state index in [1.54, 1.807) is 12.1 Å². The molecule has 6 heteroatoms. The molecule has 0 spiro atoms. The van der Waals surface area contributed by atoms with E-state index in [0.29, 0.717) is 5.56 Å². The fourth-order valence-electron chi connectivity index (χ4n) is 1.77. The summed E-state index contributed by atoms with van der Waals surface area (Å²) in [6, 6.07) is 11.8. The van der Waals surface area contributed by atoms with Crippen molar-refractivity contribution in [2.24, 2.45) is 5.10 Å². The van der Waals surface area contributed by atoms with Crippen molar-refractivity contribution in [3.63, 3.8) is 0 Å². The number of halogens is 2. The first-order chi connectivity index (χ1) is 10.5. The van der Waals surface area contributed by atoms with E-state index in [0.717, 1.165) is 14.8 Å². The maximum absolute atomic E-state index is 12.7. The topological polar surface area (TPSA) is 53.5 Å². The quantitative estimate of drug-likeness (QED) is 0.451. The summed E-state index contributed by atoms with van der Waals surface area (Å²) in [7, 11) is 0. The van der Waals surface area contributed by atoms with Gasteiger partial charge in [-0.25, -0.2) is 9.82 Å². The molecule has 0 unspecified atom stereocenters. The van der Waals surface area contributed by atoms with E-state index in [1.807, 2.05) is 25.1 Å². The second-order valence-electron chi connectivity index (χ2n) is 4.66. The van der Waals surface area contributed by atoms with Crippen LogP contribution >= 0.6 is 22.6 Å². The number of hydrogen-bond donors (Lipinski definition) is 2. The number of nitrogens with zero attached hydrogens (tertiary/aromatic N) is 1. The molecule has 0 aliphatic carbocycles. The molecule has 0 aliphatic heterocycles. The monoisotopic (exact) mass is 411 g/mol. The van der Waals surface area contributed by atoms with E-state index < -0.39 is 0 Å². The summed E-state index contributed by atoms with van der Waals surface area (Å²) in [5.41, 5.74) is 5.12. The van der Waals surface area contributed by atoms with Crippen molar-refractivity contribution in [1.29, 1.82) is 0 Å². The first-order valence-electron chi connectivity index (χ1n) is 6.62. The van der Waals surface area contributed by atoms with Gasteiger partial charge in [-0.1, -0.05) is 12.1 Å². The average Bonchev–Trinajstić information content (AvgIpc) is 2.48. The molecule has 0 saturated heterocycles. The molecule has 0 atom stereocenters. The van der Waals surface area contributed by atoms with E-state index in [1.165, 1.54) is 18.3 Å². The van der Waals surface area contributed by atoms with Gasteiger partial charge in [0, 0.05) is 9.26 Å². The molecule has 2 aromatic rings. The standard InChI is InChI=1S/C16H15FIN3O/c1-11-8-14(18)6-7-15(11)19-10-16(22)21-20-9-12-2-4-13(17)5-3-12/h2-9,19H,10H2,1H3,(H,21,22). The van der Waals surface area contributed by atoms with Crippen LogP contribution in [0.15, 0.2) is 47.6 Å². The van der Waals surface area contributed by atoms with Crippen LogP contribution < -0.4 is 10.7 Å². The van der Waals surface area contributed by atoms with Crippen LogP contribution in [0.25, 0.3) is 0 Å². The Hall–Kier alpha value is -1.96. The second-order valence-corrected chi connectivity index (χ2v) is 5.90. The van der Waals surface area contributed by atoms with Gasteiger partial charge in [-0.3, -0.25) is 4.79 Å². The van der Waals surface area contributed by atoms with Gasteiger partial charge in [0.25, 0.3) is 5.91 Å². The van der Waals surface area contributed by atoms with Crippen molar-refractivity contribution < 1.29 is 9.18 Å². The molecule has 22 heavy (non-hydrogen) atoms. The predicted octanol–water partition coefficient (Wildman–Crippen LogP) is 3.30. The van der Waals surface area contributed by atoms with E-state index in [9.17, 15) is 9.18 Å². The van der Waals surface area contributed by atoms with Crippen LogP contribution in [0.3, 0.4) is 0 Å². The Labute approximate surface area is 142 Å². The van der Waals surface area contributed by atoms with Gasteiger partial charge in [0.2, 0.25) is 0 Å². The SMILES string of the molecule is Cc1cc(I)ccc1NCC(=O)NN=Cc1ccc(F)cc1. The van der Waals surface area contributed by atoms with Crippen molar-refractivity contribution in [2.45, 2.75) is 6.92 Å². The minimum atomic E-state index is -0.307. The molecule has 2 aromatic carbocycles. The number of hydrazone groups is 1. The number of anilines is 1. The summed E-state index contributed by atoms with van der Waals surface area (Å²) >= 11 is 2.24. The number of nitrogens with one attached hydrogen (secondary N) is 2. The van der Waals surface area contributed by atoms with Gasteiger partial charge in [-0.15, -0.1) is 0 Å². The lowest BCUT2D eigenvalue weighted by atomic mass is 10.2. The molecule has 114 valence electrons. The van der Waals surface area contributed by atoms with E-state index in [-0.39, 0.29) is 18.3 Å². The van der Waals surface area contributed by atoms with E-state index in [2.05, 4.69) is 38.4 Å². The highest BCUT2D eigenvalue weighted by molar-refractivity contribution is 14.1. The lowest BCUT2D eigenvalue weighted by Crippen LogP contribution is -2.26. The zero-order valence-electron chi connectivity index (χ0n) is 11.9. The maximum Gasteiger partial charge on any atom is 0.259 e. The molecular formula is C16H15FIN3O. The third-order valence-electron chi connectivity index (χ3n) is 2.90. The third kappa shape index (κ3) is 5.10. The lowest BCUT2D eigenvalue weighted by Gasteiger charge is -2.08. The molecule has 0 saturated carbocycles. The van der Waals surface area contributed by atoms with Crippen molar-refractivity contribution in [2.75, 3.05) is 11.9 Å². The fraction of sp³-hybridized carbons (Fsp3) is 0.125. The zero-order chi connectivity index (χ0) is 15.9. The van der Waals surface area contributed by atoms with Gasteiger partial charge in [-0.2, -0.15) is 5.10 Å². The first kappa shape index (κ1) is 16.4. The normalized spacial score (nSPS) is 10.7. The van der Waals surface area contributed by atoms with Crippen molar-refractivity contribution in [1.82, 2.24) is 5.43 Å². The average molecular weight is 411 g/mol. The number of benzene rings is 2. The number of carbonyl (C=O) groups excluding carboxylic acids is 1. The van der Waals surface area contributed by atoms with Crippen LogP contribution in [0.2, 0.25) is 0 Å². The minimum Gasteiger partial charge on any atom is -0.376 e. The molecule has 1 amide bonds. The number of amides is 1. The lowest BCUT2D eigenvalue weighted by molar-refractivity contribution is -0.119. The minimum absolute atomic E-state index is 0.127. The van der Waals surface area contributed by atoms with Gasteiger partial charge in [0.15, 0.2) is 0 Å². The van der Waals surface area contributed by atoms with E-state index in [4.69, 9.17) is 0 Å². The van der Waals surface area contributed by atoms with Crippen LogP contribution in [0, 0.1) is 16.3 Å². The van der Waals surface area contributed by atoms with Crippen LogP contribution in [-0.2, 0) is 4.79 Å². The number of rotatable bonds is 5. The van der Waals surface area contributed by atoms with Crippen LogP contribution in [0.5, 0.6) is 0 Å². The Morgan fingerprint density at radius 2 is 2.00 bits per heavy atom. The van der Waals surface area contributed by atoms with Gasteiger partial charge >= 0.3 is 0 Å². The van der Waals surface area contributed by atoms with Crippen molar-refractivity contribution >= 4 is 40.4 Å². The molecule has 0 heterocycles. The van der Waals surface area contributed by atoms with Crippen LogP contribution in [0.4, 0.5) is 10.1 Å². The van der Waals surface area contributed by atoms with Crippen LogP contribution in [-0.4, -0.2) is 18.7 Å². The molecular weight excluding hydrogens is 396 g/mol. The Bertz CT molecular complexity index is 686. The molecule has 2 rings (SSSR count). The maximum atomic E-state index is 12.7. The Morgan fingerprint density at radius 1 is 1.27 bits per heavy atom. The highest BCUT2D eigenvalue weighted by atomic mass is 127. The molecule has 0 radical (unpaired) electrons. The second kappa shape index (κ2) is 7.88. The molecule has 0 aromatic heterocycles. The summed E-state index contributed by atoms with van der Waals surface area (Å²) in [5.74, 6) is -0.561. The largest absolute Gasteiger partial charge is 0.376 e. The summed E-state index contributed by atoms with van der Waals surface area (Å²) in [5, 5.41) is 6.89. The van der Waals surface area contributed by atoms with Crippen LogP contribution in [0.1, 0.15) is 11.1 Å². The number of aryl methyl sites for hydroxylation is 1. The molecule has 4 nitrogen and oxygen atoms in total. The van der Waals surface area contributed by atoms with Crippen molar-refractivity contribution in [3.05, 3.63) is 63.0 Å². The number of carbonyl (C=O) groups is 1. The highest BCUT2D eigenvalue weighted by Crippen LogP contribution is 2.17. The van der Waals surface area contributed by atoms with E-state index >= 15 is 0 Å². The molecule has 0 fully saturated rings. The van der Waals surface area contributed by atoms with Gasteiger partial charge in [0.1, 0.15) is 5.82 Å². The summed E-state index contributed by atoms with van der Waals surface area (Å²) < 4.78 is 13.9. The number of hydrogen-bond acceptors (Lipinski definition) is 3. The predicted molar refractivity (Wildman–Crippen MR) is 94.5 cm³/mol. The summed E-state index contributed by atoms with van der Waals surface area (Å²) in [6.07, 6.45) is 1.47. The first-order valence-corrected chi connectivity index (χ1v) is 7.70. The Balaban J connectivity index is 1.81.